The molecule has 136 valence electrons. The summed E-state index contributed by atoms with van der Waals surface area (Å²) in [6.45, 7) is 0.348. The van der Waals surface area contributed by atoms with Gasteiger partial charge < -0.3 is 10.3 Å². The zero-order chi connectivity index (χ0) is 19.0. The fourth-order valence-electron chi connectivity index (χ4n) is 2.55. The number of aromatic nitrogens is 4. The Bertz CT molecular complexity index is 1190. The van der Waals surface area contributed by atoms with E-state index in [0.29, 0.717) is 17.3 Å². The summed E-state index contributed by atoms with van der Waals surface area (Å²) in [5.41, 5.74) is 1.31. The van der Waals surface area contributed by atoms with E-state index in [1.54, 1.807) is 12.1 Å². The van der Waals surface area contributed by atoms with Crippen LogP contribution in [0.1, 0.15) is 5.69 Å². The Morgan fingerprint density at radius 1 is 1.07 bits per heavy atom. The van der Waals surface area contributed by atoms with Crippen LogP contribution < -0.4 is 10.9 Å². The zero-order valence-electron chi connectivity index (χ0n) is 13.7. The van der Waals surface area contributed by atoms with Crippen molar-refractivity contribution < 1.29 is 8.78 Å². The number of H-pyrrole nitrogens is 1. The summed E-state index contributed by atoms with van der Waals surface area (Å²) < 4.78 is 27.6. The van der Waals surface area contributed by atoms with Crippen LogP contribution in [0.4, 0.5) is 14.5 Å². The normalized spacial score (nSPS) is 11.1. The van der Waals surface area contributed by atoms with Gasteiger partial charge in [0.25, 0.3) is 5.56 Å². The van der Waals surface area contributed by atoms with Crippen molar-refractivity contribution in [3.05, 3.63) is 81.2 Å². The van der Waals surface area contributed by atoms with E-state index in [1.807, 2.05) is 12.1 Å². The summed E-state index contributed by atoms with van der Waals surface area (Å²) >= 11 is 5.85. The maximum atomic E-state index is 13.4. The molecule has 0 atom stereocenters. The Labute approximate surface area is 156 Å². The number of hydrogen-bond donors (Lipinski definition) is 2. The van der Waals surface area contributed by atoms with Crippen molar-refractivity contribution in [3.8, 4) is 11.4 Å². The Hall–Kier alpha value is -3.26. The highest BCUT2D eigenvalue weighted by Gasteiger charge is 2.12. The number of fused-ring (bicyclic) bond motifs is 1. The van der Waals surface area contributed by atoms with Crippen LogP contribution in [0.3, 0.4) is 0 Å². The first-order valence-corrected chi connectivity index (χ1v) is 8.31. The molecule has 6 nitrogen and oxygen atoms in total. The Morgan fingerprint density at radius 2 is 1.85 bits per heavy atom. The van der Waals surface area contributed by atoms with Crippen LogP contribution in [-0.4, -0.2) is 19.6 Å². The zero-order valence-corrected chi connectivity index (χ0v) is 14.5. The summed E-state index contributed by atoms with van der Waals surface area (Å²) in [6, 6.07) is 11.8. The first kappa shape index (κ1) is 17.2. The predicted molar refractivity (Wildman–Crippen MR) is 97.7 cm³/mol. The summed E-state index contributed by atoms with van der Waals surface area (Å²) in [5.74, 6) is -1.65. The lowest BCUT2D eigenvalue weighted by Gasteiger charge is -2.06. The van der Waals surface area contributed by atoms with E-state index >= 15 is 0 Å². The van der Waals surface area contributed by atoms with E-state index in [2.05, 4.69) is 20.4 Å². The molecule has 0 bridgehead atoms. The van der Waals surface area contributed by atoms with Crippen LogP contribution in [0.25, 0.3) is 17.2 Å². The fraction of sp³-hybridized carbons (Fsp3) is 0.0556. The number of aromatic amines is 1. The maximum Gasteiger partial charge on any atom is 0.275 e. The molecule has 0 radical (unpaired) electrons. The average Bonchev–Trinajstić information content (AvgIpc) is 3.08. The number of rotatable bonds is 4. The topological polar surface area (TPSA) is 75.1 Å². The van der Waals surface area contributed by atoms with Gasteiger partial charge in [0.05, 0.1) is 6.54 Å². The number of hydrogen-bond acceptors (Lipinski definition) is 4. The van der Waals surface area contributed by atoms with Gasteiger partial charge in [-0.25, -0.2) is 8.78 Å². The van der Waals surface area contributed by atoms with Crippen molar-refractivity contribution in [3.63, 3.8) is 0 Å². The van der Waals surface area contributed by atoms with Crippen molar-refractivity contribution in [1.82, 2.24) is 19.6 Å². The van der Waals surface area contributed by atoms with Crippen LogP contribution in [-0.2, 0) is 6.54 Å². The number of nitrogens with zero attached hydrogens (tertiary/aromatic N) is 3. The first-order chi connectivity index (χ1) is 13.0. The molecule has 0 aliphatic heterocycles. The van der Waals surface area contributed by atoms with Gasteiger partial charge in [-0.3, -0.25) is 4.79 Å². The molecule has 0 saturated carbocycles. The molecular weight excluding hydrogens is 376 g/mol. The highest BCUT2D eigenvalue weighted by atomic mass is 35.5. The summed E-state index contributed by atoms with van der Waals surface area (Å²) in [7, 11) is 0. The lowest BCUT2D eigenvalue weighted by atomic mass is 10.2. The molecule has 0 aliphatic rings. The molecule has 2 heterocycles. The van der Waals surface area contributed by atoms with Crippen LogP contribution in [0.2, 0.25) is 5.02 Å². The second-order valence-corrected chi connectivity index (χ2v) is 6.23. The molecule has 2 aromatic carbocycles. The molecule has 9 heteroatoms. The molecule has 0 amide bonds. The van der Waals surface area contributed by atoms with E-state index in [9.17, 15) is 13.6 Å². The second-order valence-electron chi connectivity index (χ2n) is 5.79. The van der Waals surface area contributed by atoms with Crippen LogP contribution >= 0.6 is 11.6 Å². The van der Waals surface area contributed by atoms with Gasteiger partial charge in [-0.15, -0.1) is 5.10 Å². The minimum absolute atomic E-state index is 0.116. The summed E-state index contributed by atoms with van der Waals surface area (Å²) in [5, 5.41) is 7.84. The maximum absolute atomic E-state index is 13.4. The molecule has 0 unspecified atom stereocenters. The van der Waals surface area contributed by atoms with Crippen LogP contribution in [0.15, 0.2) is 53.3 Å². The van der Waals surface area contributed by atoms with Crippen molar-refractivity contribution in [2.24, 2.45) is 0 Å². The molecule has 2 aromatic heterocycles. The third kappa shape index (κ3) is 3.52. The monoisotopic (exact) mass is 387 g/mol. The smallest absolute Gasteiger partial charge is 0.275 e. The molecule has 2 N–H and O–H groups in total. The molecule has 0 spiro atoms. The highest BCUT2D eigenvalue weighted by molar-refractivity contribution is 6.30. The number of benzene rings is 2. The first-order valence-electron chi connectivity index (χ1n) is 7.93. The molecule has 0 aliphatic carbocycles. The lowest BCUT2D eigenvalue weighted by molar-refractivity contribution is 0.509. The molecular formula is C18H12ClF2N5O. The minimum Gasteiger partial charge on any atom is -0.379 e. The van der Waals surface area contributed by atoms with Gasteiger partial charge in [0, 0.05) is 28.0 Å². The molecule has 4 rings (SSSR count). The lowest BCUT2D eigenvalue weighted by Crippen LogP contribution is -2.17. The van der Waals surface area contributed by atoms with Gasteiger partial charge in [0.15, 0.2) is 17.5 Å². The van der Waals surface area contributed by atoms with Crippen LogP contribution in [0, 0.1) is 11.6 Å². The third-order valence-corrected chi connectivity index (χ3v) is 4.14. The van der Waals surface area contributed by atoms with Crippen molar-refractivity contribution in [2.45, 2.75) is 6.54 Å². The van der Waals surface area contributed by atoms with E-state index in [-0.39, 0.29) is 17.2 Å². The number of nitrogens with one attached hydrogen (secondary N) is 2. The quantitative estimate of drug-likeness (QED) is 0.560. The second kappa shape index (κ2) is 6.81. The summed E-state index contributed by atoms with van der Waals surface area (Å²) in [4.78, 5) is 19.5. The van der Waals surface area contributed by atoms with Gasteiger partial charge in [0.1, 0.15) is 0 Å². The largest absolute Gasteiger partial charge is 0.379 e. The van der Waals surface area contributed by atoms with Gasteiger partial charge in [-0.05, 0) is 42.5 Å². The third-order valence-electron chi connectivity index (χ3n) is 3.89. The number of halogens is 3. The average molecular weight is 388 g/mol. The fourth-order valence-corrected chi connectivity index (χ4v) is 2.68. The number of anilines is 1. The Kier molecular flexibility index (Phi) is 4.33. The molecule has 27 heavy (non-hydrogen) atoms. The SMILES string of the molecule is O=c1cc(CNc2ccc(Cl)cc2)[nH]c2nc(-c3ccc(F)c(F)c3)nn12. The minimum atomic E-state index is -1.01. The molecule has 0 saturated heterocycles. The van der Waals surface area contributed by atoms with E-state index < -0.39 is 17.2 Å². The Balaban J connectivity index is 1.63. The van der Waals surface area contributed by atoms with Gasteiger partial charge in [0.2, 0.25) is 5.78 Å². The molecule has 4 aromatic rings. The standard InChI is InChI=1S/C18H12ClF2N5O/c19-11-2-4-12(5-3-11)22-9-13-8-16(27)26-18(23-13)24-17(25-26)10-1-6-14(20)15(21)7-10/h1-8,22H,9H2,(H,23,24,25). The van der Waals surface area contributed by atoms with E-state index in [4.69, 9.17) is 11.6 Å². The van der Waals surface area contributed by atoms with Gasteiger partial charge >= 0.3 is 0 Å². The van der Waals surface area contributed by atoms with Crippen LogP contribution in [0.5, 0.6) is 0 Å². The molecule has 0 fully saturated rings. The van der Waals surface area contributed by atoms with E-state index in [0.717, 1.165) is 22.3 Å². The van der Waals surface area contributed by atoms with Crippen molar-refractivity contribution >= 4 is 23.1 Å². The van der Waals surface area contributed by atoms with E-state index in [1.165, 1.54) is 12.1 Å². The summed E-state index contributed by atoms with van der Waals surface area (Å²) in [6.07, 6.45) is 0. The van der Waals surface area contributed by atoms with Gasteiger partial charge in [-0.1, -0.05) is 11.6 Å². The Morgan fingerprint density at radius 3 is 2.59 bits per heavy atom. The van der Waals surface area contributed by atoms with Gasteiger partial charge in [-0.2, -0.15) is 9.50 Å². The van der Waals surface area contributed by atoms with Crippen molar-refractivity contribution in [2.75, 3.05) is 5.32 Å². The predicted octanol–water partition coefficient (Wildman–Crippen LogP) is 3.63. The van der Waals surface area contributed by atoms with Crippen molar-refractivity contribution in [1.29, 1.82) is 0 Å². The highest BCUT2D eigenvalue weighted by Crippen LogP contribution is 2.18.